The van der Waals surface area contributed by atoms with E-state index in [2.05, 4.69) is 38.2 Å². The van der Waals surface area contributed by atoms with E-state index in [1.807, 2.05) is 35.0 Å². The summed E-state index contributed by atoms with van der Waals surface area (Å²) in [4.78, 5) is 27.7. The number of hydrogen-bond acceptors (Lipinski definition) is 6. The second kappa shape index (κ2) is 12.7. The normalized spacial score (nSPS) is 14.9. The molecule has 1 aliphatic heterocycles. The molecular weight excluding hydrogens is 588 g/mol. The molecule has 0 bridgehead atoms. The molecule has 0 radical (unpaired) electrons. The molecule has 5 heterocycles. The highest BCUT2D eigenvalue weighted by atomic mass is 19.4. The van der Waals surface area contributed by atoms with E-state index in [9.17, 15) is 18.0 Å². The largest absolute Gasteiger partial charge is 0.416 e. The van der Waals surface area contributed by atoms with Crippen molar-refractivity contribution < 1.29 is 27.1 Å². The van der Waals surface area contributed by atoms with Crippen LogP contribution in [0.25, 0.3) is 28.0 Å². The molecule has 12 heteroatoms. The van der Waals surface area contributed by atoms with Crippen LogP contribution in [-0.4, -0.2) is 62.5 Å². The van der Waals surface area contributed by atoms with Crippen LogP contribution < -0.4 is 5.32 Å². The number of carbonyl (C=O) groups is 1. The number of nitrogens with zero attached hydrogens (tertiary/aromatic N) is 5. The first-order chi connectivity index (χ1) is 21.6. The maximum absolute atomic E-state index is 15.1. The second-order valence-electron chi connectivity index (χ2n) is 11.0. The Morgan fingerprint density at radius 2 is 1.73 bits per heavy atom. The summed E-state index contributed by atoms with van der Waals surface area (Å²) in [6.07, 6.45) is 2.18. The van der Waals surface area contributed by atoms with Gasteiger partial charge in [-0.25, -0.2) is 14.4 Å². The van der Waals surface area contributed by atoms with Gasteiger partial charge in [-0.05, 0) is 66.1 Å². The number of alkyl halides is 3. The number of carbonyl (C=O) groups excluding carboxylic acids is 1. The first-order valence-corrected chi connectivity index (χ1v) is 14.5. The number of morpholine rings is 1. The molecule has 0 saturated carbocycles. The Labute approximate surface area is 256 Å². The summed E-state index contributed by atoms with van der Waals surface area (Å²) in [5.74, 6) is -1.57. The van der Waals surface area contributed by atoms with E-state index in [4.69, 9.17) is 4.74 Å². The number of imidazole rings is 1. The van der Waals surface area contributed by atoms with Gasteiger partial charge in [-0.1, -0.05) is 12.1 Å². The molecule has 4 aromatic heterocycles. The van der Waals surface area contributed by atoms with Crippen LogP contribution in [0.1, 0.15) is 23.7 Å². The molecule has 1 saturated heterocycles. The molecule has 1 fully saturated rings. The molecule has 1 amide bonds. The fraction of sp³-hybridized carbons (Fsp3) is 0.273. The molecule has 6 rings (SSSR count). The zero-order valence-corrected chi connectivity index (χ0v) is 24.4. The van der Waals surface area contributed by atoms with E-state index in [0.717, 1.165) is 67.9 Å². The topological polar surface area (TPSA) is 84.7 Å². The lowest BCUT2D eigenvalue weighted by atomic mass is 10.0. The number of pyridine rings is 3. The van der Waals surface area contributed by atoms with Crippen molar-refractivity contribution in [2.45, 2.75) is 32.0 Å². The first kappa shape index (κ1) is 30.4. The molecule has 0 aliphatic carbocycles. The van der Waals surface area contributed by atoms with Gasteiger partial charge in [0.15, 0.2) is 0 Å². The van der Waals surface area contributed by atoms with Crippen molar-refractivity contribution in [2.75, 3.05) is 31.6 Å². The number of anilines is 1. The minimum atomic E-state index is -4.58. The van der Waals surface area contributed by atoms with Crippen LogP contribution in [0.5, 0.6) is 0 Å². The smallest absolute Gasteiger partial charge is 0.379 e. The summed E-state index contributed by atoms with van der Waals surface area (Å²) >= 11 is 0. The lowest BCUT2D eigenvalue weighted by Gasteiger charge is -2.32. The third-order valence-corrected chi connectivity index (χ3v) is 7.89. The molecule has 8 nitrogen and oxygen atoms in total. The monoisotopic (exact) mass is 618 g/mol. The summed E-state index contributed by atoms with van der Waals surface area (Å²) < 4.78 is 61.3. The van der Waals surface area contributed by atoms with Crippen molar-refractivity contribution in [3.05, 3.63) is 102 Å². The van der Waals surface area contributed by atoms with Crippen LogP contribution in [0.3, 0.4) is 0 Å². The lowest BCUT2D eigenvalue weighted by Crippen LogP contribution is -2.43. The maximum atomic E-state index is 15.1. The predicted molar refractivity (Wildman–Crippen MR) is 161 cm³/mol. The number of nitrogens with one attached hydrogen (secondary N) is 1. The Kier molecular flexibility index (Phi) is 8.59. The van der Waals surface area contributed by atoms with E-state index < -0.39 is 23.5 Å². The second-order valence-corrected chi connectivity index (χ2v) is 11.0. The van der Waals surface area contributed by atoms with E-state index in [0.29, 0.717) is 22.9 Å². The van der Waals surface area contributed by atoms with Gasteiger partial charge in [-0.2, -0.15) is 13.2 Å². The first-order valence-electron chi connectivity index (χ1n) is 14.5. The standard InChI is InChI=1S/C33H30F4N6O2/c1-21(42-10-12-45-13-11-42)14-27-15-22(4-7-38-27)23-6-9-43-29(20-40-31(43)17-23)25-3-2-24(28(34)16-25)18-32(44)41-30-19-26(5-8-39-30)33(35,36)37/h2-9,15-17,19-21H,10-14,18H2,1H3,(H,39,41,44). The number of aromatic nitrogens is 4. The van der Waals surface area contributed by atoms with Crippen molar-refractivity contribution in [3.8, 4) is 22.4 Å². The van der Waals surface area contributed by atoms with Crippen molar-refractivity contribution in [1.29, 1.82) is 0 Å². The highest BCUT2D eigenvalue weighted by Crippen LogP contribution is 2.30. The van der Waals surface area contributed by atoms with Crippen LogP contribution in [0, 0.1) is 5.82 Å². The third kappa shape index (κ3) is 7.02. The van der Waals surface area contributed by atoms with Gasteiger partial charge in [-0.15, -0.1) is 0 Å². The highest BCUT2D eigenvalue weighted by molar-refractivity contribution is 5.91. The Balaban J connectivity index is 1.15. The van der Waals surface area contributed by atoms with Gasteiger partial charge < -0.3 is 10.1 Å². The van der Waals surface area contributed by atoms with Gasteiger partial charge in [0.25, 0.3) is 0 Å². The van der Waals surface area contributed by atoms with E-state index in [-0.39, 0.29) is 17.8 Å². The zero-order valence-electron chi connectivity index (χ0n) is 24.4. The Hall–Kier alpha value is -4.68. The van der Waals surface area contributed by atoms with Crippen molar-refractivity contribution in [1.82, 2.24) is 24.3 Å². The SMILES string of the molecule is CC(Cc1cc(-c2ccn3c(-c4ccc(CC(=O)Nc5cc(C(F)(F)F)ccn5)c(F)c4)cnc3c2)ccn1)N1CCOCC1. The minimum Gasteiger partial charge on any atom is -0.379 e. The molecule has 0 spiro atoms. The number of amides is 1. The fourth-order valence-corrected chi connectivity index (χ4v) is 5.48. The van der Waals surface area contributed by atoms with Gasteiger partial charge in [0.05, 0.1) is 37.1 Å². The number of halogens is 4. The summed E-state index contributed by atoms with van der Waals surface area (Å²) in [6.45, 7) is 5.55. The van der Waals surface area contributed by atoms with Gasteiger partial charge in [0.2, 0.25) is 5.91 Å². The highest BCUT2D eigenvalue weighted by Gasteiger charge is 2.31. The molecule has 1 atom stereocenters. The Bertz CT molecular complexity index is 1830. The number of fused-ring (bicyclic) bond motifs is 1. The van der Waals surface area contributed by atoms with Gasteiger partial charge in [0, 0.05) is 55.4 Å². The van der Waals surface area contributed by atoms with Crippen LogP contribution in [0.2, 0.25) is 0 Å². The Morgan fingerprint density at radius 1 is 0.956 bits per heavy atom. The van der Waals surface area contributed by atoms with Crippen LogP contribution in [-0.2, 0) is 28.5 Å². The van der Waals surface area contributed by atoms with Crippen LogP contribution in [0.15, 0.2) is 79.4 Å². The number of hydrogen-bond donors (Lipinski definition) is 1. The molecule has 5 aromatic rings. The number of rotatable bonds is 8. The molecular formula is C33H30F4N6O2. The van der Waals surface area contributed by atoms with Crippen LogP contribution >= 0.6 is 0 Å². The summed E-state index contributed by atoms with van der Waals surface area (Å²) in [5, 5.41) is 2.30. The molecule has 45 heavy (non-hydrogen) atoms. The Morgan fingerprint density at radius 3 is 2.51 bits per heavy atom. The maximum Gasteiger partial charge on any atom is 0.416 e. The molecule has 1 N–H and O–H groups in total. The van der Waals surface area contributed by atoms with E-state index in [1.165, 1.54) is 12.1 Å². The minimum absolute atomic E-state index is 0.0933. The molecule has 1 unspecified atom stereocenters. The quantitative estimate of drug-likeness (QED) is 0.213. The van der Waals surface area contributed by atoms with Gasteiger partial charge in [-0.3, -0.25) is 19.1 Å². The van der Waals surface area contributed by atoms with Crippen molar-refractivity contribution in [2.24, 2.45) is 0 Å². The fourth-order valence-electron chi connectivity index (χ4n) is 5.48. The van der Waals surface area contributed by atoms with E-state index in [1.54, 1.807) is 12.3 Å². The van der Waals surface area contributed by atoms with Crippen molar-refractivity contribution in [3.63, 3.8) is 0 Å². The van der Waals surface area contributed by atoms with Gasteiger partial charge >= 0.3 is 6.18 Å². The average Bonchev–Trinajstić information content (AvgIpc) is 3.46. The number of benzene rings is 1. The summed E-state index contributed by atoms with van der Waals surface area (Å²) in [5.41, 5.74) is 4.05. The van der Waals surface area contributed by atoms with Gasteiger partial charge in [0.1, 0.15) is 17.3 Å². The average molecular weight is 619 g/mol. The lowest BCUT2D eigenvalue weighted by molar-refractivity contribution is -0.137. The number of ether oxygens (including phenoxy) is 1. The summed E-state index contributed by atoms with van der Waals surface area (Å²) in [6, 6.07) is 14.4. The van der Waals surface area contributed by atoms with Crippen LogP contribution in [0.4, 0.5) is 23.4 Å². The predicted octanol–water partition coefficient (Wildman–Crippen LogP) is 6.06. The molecule has 1 aromatic carbocycles. The van der Waals surface area contributed by atoms with E-state index >= 15 is 4.39 Å². The summed E-state index contributed by atoms with van der Waals surface area (Å²) in [7, 11) is 0. The third-order valence-electron chi connectivity index (χ3n) is 7.89. The molecule has 232 valence electrons. The van der Waals surface area contributed by atoms with Crippen molar-refractivity contribution >= 4 is 17.4 Å². The molecule has 1 aliphatic rings. The zero-order chi connectivity index (χ0) is 31.6.